The lowest BCUT2D eigenvalue weighted by Crippen LogP contribution is -2.49. The van der Waals surface area contributed by atoms with E-state index in [0.717, 1.165) is 11.1 Å². The second-order valence-corrected chi connectivity index (χ2v) is 9.36. The van der Waals surface area contributed by atoms with Gasteiger partial charge >= 0.3 is 0 Å². The molecule has 0 aliphatic heterocycles. The van der Waals surface area contributed by atoms with Gasteiger partial charge in [-0.2, -0.15) is 9.82 Å². The summed E-state index contributed by atoms with van der Waals surface area (Å²) in [5, 5.41) is 6.93. The average molecular weight is 458 g/mol. The first kappa shape index (κ1) is 23.4. The average Bonchev–Trinajstić information content (AvgIpc) is 3.29. The minimum Gasteiger partial charge on any atom is -0.497 e. The maximum atomic E-state index is 12.8. The summed E-state index contributed by atoms with van der Waals surface area (Å²) in [5.41, 5.74) is 1.92. The van der Waals surface area contributed by atoms with Crippen molar-refractivity contribution in [2.45, 2.75) is 37.9 Å². The number of rotatable bonds is 10. The Labute approximate surface area is 187 Å². The molecule has 2 N–H and O–H groups in total. The number of ether oxygens (including phenoxy) is 1. The molecule has 0 spiro atoms. The molecule has 1 amide bonds. The highest BCUT2D eigenvalue weighted by Gasteiger charge is 2.28. The van der Waals surface area contributed by atoms with E-state index >= 15 is 0 Å². The first-order valence-corrected chi connectivity index (χ1v) is 11.6. The van der Waals surface area contributed by atoms with Crippen LogP contribution >= 0.6 is 0 Å². The van der Waals surface area contributed by atoms with E-state index in [1.807, 2.05) is 24.3 Å². The van der Waals surface area contributed by atoms with E-state index < -0.39 is 22.0 Å². The second kappa shape index (κ2) is 10.4. The Morgan fingerprint density at radius 1 is 1.12 bits per heavy atom. The molecule has 3 aromatic rings. The van der Waals surface area contributed by atoms with Gasteiger partial charge in [0.05, 0.1) is 18.6 Å². The summed E-state index contributed by atoms with van der Waals surface area (Å²) < 4.78 is 34.8. The molecule has 0 radical (unpaired) electrons. The van der Waals surface area contributed by atoms with Crippen LogP contribution in [0.25, 0.3) is 0 Å². The lowest BCUT2D eigenvalue weighted by atomic mass is 10.0. The summed E-state index contributed by atoms with van der Waals surface area (Å²) in [6.45, 7) is 4.43. The van der Waals surface area contributed by atoms with Crippen LogP contribution in [-0.2, 0) is 27.9 Å². The number of amides is 1. The van der Waals surface area contributed by atoms with Gasteiger partial charge in [0.15, 0.2) is 0 Å². The predicted molar refractivity (Wildman–Crippen MR) is 119 cm³/mol. The van der Waals surface area contributed by atoms with Gasteiger partial charge in [-0.05, 0) is 41.3 Å². The summed E-state index contributed by atoms with van der Waals surface area (Å²) >= 11 is 0. The third-order valence-electron chi connectivity index (χ3n) is 4.87. The molecule has 0 unspecified atom stereocenters. The fraction of sp³-hybridized carbons (Fsp3) is 0.318. The molecule has 0 aliphatic rings. The molecule has 0 saturated heterocycles. The van der Waals surface area contributed by atoms with Crippen molar-refractivity contribution in [3.63, 3.8) is 0 Å². The Hall–Kier alpha value is -3.24. The van der Waals surface area contributed by atoms with Gasteiger partial charge in [-0.25, -0.2) is 18.1 Å². The van der Waals surface area contributed by atoms with Crippen molar-refractivity contribution in [1.29, 1.82) is 0 Å². The van der Waals surface area contributed by atoms with E-state index in [-0.39, 0.29) is 17.4 Å². The van der Waals surface area contributed by atoms with Crippen molar-refractivity contribution in [3.8, 4) is 5.75 Å². The molecule has 1 atom stereocenters. The van der Waals surface area contributed by atoms with Gasteiger partial charge in [-0.15, -0.1) is 0 Å². The highest BCUT2D eigenvalue weighted by Crippen LogP contribution is 2.17. The van der Waals surface area contributed by atoms with E-state index in [0.29, 0.717) is 12.3 Å². The number of hydrogen-bond acceptors (Lipinski definition) is 6. The van der Waals surface area contributed by atoms with Crippen LogP contribution in [0.15, 0.2) is 66.1 Å². The van der Waals surface area contributed by atoms with Crippen molar-refractivity contribution in [2.75, 3.05) is 7.11 Å². The minimum absolute atomic E-state index is 0.0672. The topological polar surface area (TPSA) is 115 Å². The number of nitrogens with zero attached hydrogens (tertiary/aromatic N) is 3. The van der Waals surface area contributed by atoms with Crippen LogP contribution < -0.4 is 14.8 Å². The van der Waals surface area contributed by atoms with Crippen LogP contribution in [0.4, 0.5) is 0 Å². The van der Waals surface area contributed by atoms with Crippen LogP contribution in [0.3, 0.4) is 0 Å². The molecule has 0 saturated carbocycles. The Balaban J connectivity index is 1.65. The number of sulfonamides is 1. The Morgan fingerprint density at radius 3 is 2.47 bits per heavy atom. The monoisotopic (exact) mass is 457 g/mol. The molecule has 1 heterocycles. The highest BCUT2D eigenvalue weighted by molar-refractivity contribution is 7.89. The number of hydrogen-bond donors (Lipinski definition) is 2. The molecular weight excluding hydrogens is 430 g/mol. The number of carbonyl (C=O) groups is 1. The fourth-order valence-electron chi connectivity index (χ4n) is 3.12. The van der Waals surface area contributed by atoms with Gasteiger partial charge in [0.2, 0.25) is 15.9 Å². The predicted octanol–water partition coefficient (Wildman–Crippen LogP) is 1.95. The van der Waals surface area contributed by atoms with Gasteiger partial charge in [-0.3, -0.25) is 4.79 Å². The zero-order chi connectivity index (χ0) is 23.1. The van der Waals surface area contributed by atoms with E-state index in [2.05, 4.69) is 20.1 Å². The maximum Gasteiger partial charge on any atom is 0.241 e. The van der Waals surface area contributed by atoms with E-state index in [1.165, 1.54) is 25.6 Å². The zero-order valence-corrected chi connectivity index (χ0v) is 19.0. The fourth-order valence-corrected chi connectivity index (χ4v) is 4.46. The Bertz CT molecular complexity index is 1130. The second-order valence-electron chi connectivity index (χ2n) is 7.65. The number of benzene rings is 2. The molecule has 3 rings (SSSR count). The molecule has 1 aromatic heterocycles. The zero-order valence-electron chi connectivity index (χ0n) is 18.2. The first-order valence-electron chi connectivity index (χ1n) is 10.1. The Kier molecular flexibility index (Phi) is 7.60. The quantitative estimate of drug-likeness (QED) is 0.481. The van der Waals surface area contributed by atoms with Gasteiger partial charge in [0.25, 0.3) is 0 Å². The molecule has 10 heteroatoms. The smallest absolute Gasteiger partial charge is 0.241 e. The molecule has 0 fully saturated rings. The SMILES string of the molecule is COc1ccc(S(=O)(=O)N[C@H](C(=O)NCc2cccc(Cn3cncn3)c2)C(C)C)cc1. The first-order chi connectivity index (χ1) is 15.3. The third kappa shape index (κ3) is 6.14. The number of carbonyl (C=O) groups excluding carboxylic acids is 1. The number of aromatic nitrogens is 3. The molecule has 9 nitrogen and oxygen atoms in total. The maximum absolute atomic E-state index is 12.8. The van der Waals surface area contributed by atoms with Crippen molar-refractivity contribution < 1.29 is 17.9 Å². The van der Waals surface area contributed by atoms with Crippen molar-refractivity contribution >= 4 is 15.9 Å². The van der Waals surface area contributed by atoms with Crippen LogP contribution in [-0.4, -0.2) is 42.2 Å². The van der Waals surface area contributed by atoms with E-state index in [4.69, 9.17) is 4.74 Å². The van der Waals surface area contributed by atoms with E-state index in [1.54, 1.807) is 37.0 Å². The van der Waals surface area contributed by atoms with Crippen LogP contribution in [0, 0.1) is 5.92 Å². The summed E-state index contributed by atoms with van der Waals surface area (Å²) in [5.74, 6) is -0.0893. The summed E-state index contributed by atoms with van der Waals surface area (Å²) in [6, 6.07) is 12.8. The van der Waals surface area contributed by atoms with Crippen LogP contribution in [0.2, 0.25) is 0 Å². The number of methoxy groups -OCH3 is 1. The molecule has 32 heavy (non-hydrogen) atoms. The van der Waals surface area contributed by atoms with Gasteiger partial charge < -0.3 is 10.1 Å². The lowest BCUT2D eigenvalue weighted by molar-refractivity contribution is -0.123. The summed E-state index contributed by atoms with van der Waals surface area (Å²) in [6.07, 6.45) is 3.11. The highest BCUT2D eigenvalue weighted by atomic mass is 32.2. The van der Waals surface area contributed by atoms with Crippen molar-refractivity contribution in [1.82, 2.24) is 24.8 Å². The molecule has 0 bridgehead atoms. The normalized spacial score (nSPS) is 12.5. The van der Waals surface area contributed by atoms with Crippen molar-refractivity contribution in [2.24, 2.45) is 5.92 Å². The molecular formula is C22H27N5O4S. The third-order valence-corrected chi connectivity index (χ3v) is 6.33. The Morgan fingerprint density at radius 2 is 1.84 bits per heavy atom. The summed E-state index contributed by atoms with van der Waals surface area (Å²) in [4.78, 5) is 16.8. The molecule has 0 aliphatic carbocycles. The summed E-state index contributed by atoms with van der Waals surface area (Å²) in [7, 11) is -2.37. The largest absolute Gasteiger partial charge is 0.497 e. The minimum atomic E-state index is -3.88. The molecule has 2 aromatic carbocycles. The lowest BCUT2D eigenvalue weighted by Gasteiger charge is -2.22. The number of nitrogens with one attached hydrogen (secondary N) is 2. The van der Waals surface area contributed by atoms with Gasteiger partial charge in [0.1, 0.15) is 24.4 Å². The van der Waals surface area contributed by atoms with Gasteiger partial charge in [0, 0.05) is 6.54 Å². The standard InChI is InChI=1S/C22H27N5O4S/c1-16(2)21(26-32(29,30)20-9-7-19(31-3)8-10-20)22(28)24-12-17-5-4-6-18(11-17)13-27-15-23-14-25-27/h4-11,14-16,21,26H,12-13H2,1-3H3,(H,24,28)/t21-/m0/s1. The van der Waals surface area contributed by atoms with Crippen molar-refractivity contribution in [3.05, 3.63) is 72.3 Å². The van der Waals surface area contributed by atoms with Crippen LogP contribution in [0.5, 0.6) is 5.75 Å². The van der Waals surface area contributed by atoms with Gasteiger partial charge in [-0.1, -0.05) is 38.1 Å². The molecule has 170 valence electrons. The van der Waals surface area contributed by atoms with Crippen LogP contribution in [0.1, 0.15) is 25.0 Å². The van der Waals surface area contributed by atoms with E-state index in [9.17, 15) is 13.2 Å².